The first-order valence-electron chi connectivity index (χ1n) is 9.90. The average Bonchev–Trinajstić information content (AvgIpc) is 2.76. The molecule has 0 radical (unpaired) electrons. The second kappa shape index (κ2) is 8.97. The molecule has 2 saturated heterocycles. The number of carbonyl (C=O) groups excluding carboxylic acids is 1. The van der Waals surface area contributed by atoms with Crippen LogP contribution in [0.5, 0.6) is 0 Å². The highest BCUT2D eigenvalue weighted by Gasteiger charge is 2.24. The van der Waals surface area contributed by atoms with Crippen molar-refractivity contribution in [2.24, 2.45) is 0 Å². The summed E-state index contributed by atoms with van der Waals surface area (Å²) in [6.07, 6.45) is 3.44. The Morgan fingerprint density at radius 1 is 1.24 bits per heavy atom. The number of amides is 1. The van der Waals surface area contributed by atoms with Crippen LogP contribution in [0.15, 0.2) is 36.5 Å². The van der Waals surface area contributed by atoms with Crippen molar-refractivity contribution in [1.82, 2.24) is 9.88 Å². The van der Waals surface area contributed by atoms with Crippen LogP contribution in [0.25, 0.3) is 0 Å². The van der Waals surface area contributed by atoms with Gasteiger partial charge < -0.3 is 19.9 Å². The third-order valence-corrected chi connectivity index (χ3v) is 5.63. The average molecular weight is 419 g/mol. The van der Waals surface area contributed by atoms with Gasteiger partial charge in [0.05, 0.1) is 29.5 Å². The van der Waals surface area contributed by atoms with E-state index in [1.54, 1.807) is 29.3 Å². The maximum Gasteiger partial charge on any atom is 0.255 e. The van der Waals surface area contributed by atoms with Gasteiger partial charge in [-0.1, -0.05) is 23.7 Å². The number of morpholine rings is 1. The summed E-state index contributed by atoms with van der Waals surface area (Å²) < 4.78 is 19.4. The molecule has 2 aliphatic heterocycles. The molecule has 1 aromatic heterocycles. The summed E-state index contributed by atoms with van der Waals surface area (Å²) in [6, 6.07) is 8.57. The molecule has 0 spiro atoms. The Bertz CT molecular complexity index is 876. The first-order valence-corrected chi connectivity index (χ1v) is 10.3. The third kappa shape index (κ3) is 4.62. The molecule has 1 unspecified atom stereocenters. The van der Waals surface area contributed by atoms with Crippen LogP contribution in [0.2, 0.25) is 5.02 Å². The molecule has 0 aliphatic carbocycles. The molecule has 8 heteroatoms. The number of nitrogens with zero attached hydrogens (tertiary/aromatic N) is 3. The fourth-order valence-electron chi connectivity index (χ4n) is 3.83. The number of anilines is 2. The van der Waals surface area contributed by atoms with Crippen molar-refractivity contribution in [2.45, 2.75) is 18.9 Å². The summed E-state index contributed by atoms with van der Waals surface area (Å²) in [7, 11) is 0. The van der Waals surface area contributed by atoms with Gasteiger partial charge in [-0.05, 0) is 31.0 Å². The van der Waals surface area contributed by atoms with Crippen LogP contribution in [0, 0.1) is 5.82 Å². The van der Waals surface area contributed by atoms with Crippen molar-refractivity contribution in [1.29, 1.82) is 0 Å². The van der Waals surface area contributed by atoms with Crippen molar-refractivity contribution in [3.05, 3.63) is 52.9 Å². The summed E-state index contributed by atoms with van der Waals surface area (Å²) in [6.45, 7) is 3.72. The van der Waals surface area contributed by atoms with E-state index in [-0.39, 0.29) is 17.8 Å². The van der Waals surface area contributed by atoms with Gasteiger partial charge >= 0.3 is 0 Å². The highest BCUT2D eigenvalue weighted by atomic mass is 35.5. The Balaban J connectivity index is 1.42. The van der Waals surface area contributed by atoms with Crippen LogP contribution >= 0.6 is 11.6 Å². The van der Waals surface area contributed by atoms with E-state index in [0.717, 1.165) is 19.4 Å². The Hall–Kier alpha value is -2.38. The smallest absolute Gasteiger partial charge is 0.255 e. The van der Waals surface area contributed by atoms with Gasteiger partial charge in [0, 0.05) is 38.4 Å². The van der Waals surface area contributed by atoms with E-state index >= 15 is 0 Å². The molecule has 3 heterocycles. The predicted molar refractivity (Wildman–Crippen MR) is 111 cm³/mol. The molecular weight excluding hydrogens is 395 g/mol. The molecule has 154 valence electrons. The molecule has 1 aromatic carbocycles. The predicted octanol–water partition coefficient (Wildman–Crippen LogP) is 3.43. The Morgan fingerprint density at radius 3 is 2.79 bits per heavy atom. The molecule has 1 N–H and O–H groups in total. The van der Waals surface area contributed by atoms with Crippen LogP contribution in [0.4, 0.5) is 15.9 Å². The normalized spacial score (nSPS) is 19.9. The Morgan fingerprint density at radius 2 is 2.03 bits per heavy atom. The van der Waals surface area contributed by atoms with Crippen LogP contribution in [0.3, 0.4) is 0 Å². The minimum absolute atomic E-state index is 0.0855. The second-order valence-electron chi connectivity index (χ2n) is 7.34. The summed E-state index contributed by atoms with van der Waals surface area (Å²) >= 11 is 6.42. The minimum Gasteiger partial charge on any atom is -0.378 e. The van der Waals surface area contributed by atoms with Crippen LogP contribution in [-0.4, -0.2) is 61.2 Å². The van der Waals surface area contributed by atoms with Gasteiger partial charge in [0.15, 0.2) is 0 Å². The standard InChI is InChI=1S/C21H24ClFN4O2/c22-17-12-15(21(28)26-8-10-29-11-9-26)13-24-20(17)25-16-4-3-7-27(14-16)19-6-2-1-5-18(19)23/h1-2,5-6,12-13,16H,3-4,7-11,14H2,(H,24,25). The summed E-state index contributed by atoms with van der Waals surface area (Å²) in [5.41, 5.74) is 1.09. The van der Waals surface area contributed by atoms with E-state index in [0.29, 0.717) is 54.9 Å². The number of ether oxygens (including phenoxy) is 1. The Kier molecular flexibility index (Phi) is 6.16. The van der Waals surface area contributed by atoms with Gasteiger partial charge in [0.2, 0.25) is 0 Å². The van der Waals surface area contributed by atoms with E-state index in [1.807, 2.05) is 11.0 Å². The van der Waals surface area contributed by atoms with Gasteiger partial charge in [-0.3, -0.25) is 4.79 Å². The molecule has 0 bridgehead atoms. The van der Waals surface area contributed by atoms with E-state index < -0.39 is 0 Å². The summed E-state index contributed by atoms with van der Waals surface area (Å²) in [4.78, 5) is 20.8. The zero-order chi connectivity index (χ0) is 20.2. The lowest BCUT2D eigenvalue weighted by Gasteiger charge is -2.35. The number of carbonyl (C=O) groups is 1. The lowest BCUT2D eigenvalue weighted by molar-refractivity contribution is 0.0302. The first-order chi connectivity index (χ1) is 14.1. The van der Waals surface area contributed by atoms with Gasteiger partial charge in [-0.25, -0.2) is 9.37 Å². The van der Waals surface area contributed by atoms with Crippen molar-refractivity contribution < 1.29 is 13.9 Å². The zero-order valence-electron chi connectivity index (χ0n) is 16.1. The number of hydrogen-bond acceptors (Lipinski definition) is 5. The largest absolute Gasteiger partial charge is 0.378 e. The summed E-state index contributed by atoms with van der Waals surface area (Å²) in [5, 5.41) is 3.77. The molecule has 29 heavy (non-hydrogen) atoms. The van der Waals surface area contributed by atoms with Crippen molar-refractivity contribution in [3.63, 3.8) is 0 Å². The van der Waals surface area contributed by atoms with Crippen LogP contribution in [0.1, 0.15) is 23.2 Å². The molecule has 1 atom stereocenters. The van der Waals surface area contributed by atoms with E-state index in [9.17, 15) is 9.18 Å². The van der Waals surface area contributed by atoms with E-state index in [2.05, 4.69) is 10.3 Å². The molecule has 2 fully saturated rings. The van der Waals surface area contributed by atoms with Gasteiger partial charge in [0.25, 0.3) is 5.91 Å². The van der Waals surface area contributed by atoms with E-state index in [1.165, 1.54) is 6.07 Å². The number of benzene rings is 1. The monoisotopic (exact) mass is 418 g/mol. The van der Waals surface area contributed by atoms with Crippen molar-refractivity contribution >= 4 is 29.0 Å². The van der Waals surface area contributed by atoms with Gasteiger partial charge in [0.1, 0.15) is 11.6 Å². The van der Waals surface area contributed by atoms with Crippen molar-refractivity contribution in [2.75, 3.05) is 49.6 Å². The fourth-order valence-corrected chi connectivity index (χ4v) is 4.05. The molecule has 4 rings (SSSR count). The number of halogens is 2. The molecule has 6 nitrogen and oxygen atoms in total. The molecular formula is C21H24ClFN4O2. The number of nitrogens with one attached hydrogen (secondary N) is 1. The fraction of sp³-hybridized carbons (Fsp3) is 0.429. The minimum atomic E-state index is -0.213. The van der Waals surface area contributed by atoms with E-state index in [4.69, 9.17) is 16.3 Å². The zero-order valence-corrected chi connectivity index (χ0v) is 16.9. The topological polar surface area (TPSA) is 57.7 Å². The summed E-state index contributed by atoms with van der Waals surface area (Å²) in [5.74, 6) is 0.249. The molecule has 1 amide bonds. The van der Waals surface area contributed by atoms with Gasteiger partial charge in [-0.2, -0.15) is 0 Å². The number of piperidine rings is 1. The van der Waals surface area contributed by atoms with Crippen LogP contribution in [-0.2, 0) is 4.74 Å². The number of para-hydroxylation sites is 1. The Labute approximate surface area is 174 Å². The van der Waals surface area contributed by atoms with Gasteiger partial charge in [-0.15, -0.1) is 0 Å². The first kappa shape index (κ1) is 19.9. The molecule has 2 aliphatic rings. The number of hydrogen-bond donors (Lipinski definition) is 1. The SMILES string of the molecule is O=C(c1cnc(NC2CCCN(c3ccccc3F)C2)c(Cl)c1)N1CCOCC1. The number of rotatable bonds is 4. The lowest BCUT2D eigenvalue weighted by atomic mass is 10.0. The number of pyridine rings is 1. The quantitative estimate of drug-likeness (QED) is 0.824. The maximum absolute atomic E-state index is 14.1. The third-order valence-electron chi connectivity index (χ3n) is 5.34. The second-order valence-corrected chi connectivity index (χ2v) is 7.75. The number of aromatic nitrogens is 1. The maximum atomic E-state index is 14.1. The highest BCUT2D eigenvalue weighted by molar-refractivity contribution is 6.33. The highest BCUT2D eigenvalue weighted by Crippen LogP contribution is 2.27. The van der Waals surface area contributed by atoms with Crippen LogP contribution < -0.4 is 10.2 Å². The molecule has 2 aromatic rings. The lowest BCUT2D eigenvalue weighted by Crippen LogP contribution is -2.42. The van der Waals surface area contributed by atoms with Crippen molar-refractivity contribution in [3.8, 4) is 0 Å². The molecule has 0 saturated carbocycles.